The summed E-state index contributed by atoms with van der Waals surface area (Å²) in [6, 6.07) is 0. The van der Waals surface area contributed by atoms with Crippen LogP contribution in [-0.2, 0) is 33.2 Å². The van der Waals surface area contributed by atoms with Crippen LogP contribution in [0.25, 0.3) is 67.0 Å². The Morgan fingerprint density at radius 3 is 0.986 bits per heavy atom. The van der Waals surface area contributed by atoms with E-state index in [0.29, 0.717) is 111 Å². The molecule has 7 fully saturated rings. The van der Waals surface area contributed by atoms with Crippen LogP contribution in [0.5, 0.6) is 0 Å². The lowest BCUT2D eigenvalue weighted by Gasteiger charge is -2.32. The van der Waals surface area contributed by atoms with E-state index in [-0.39, 0.29) is 29.4 Å². The number of hydrogen-bond donors (Lipinski definition) is 15. The van der Waals surface area contributed by atoms with Gasteiger partial charge in [-0.1, -0.05) is 0 Å². The van der Waals surface area contributed by atoms with Gasteiger partial charge in [-0.25, -0.2) is 94.1 Å². The average molecular weight is 2110 g/mol. The molecule has 0 radical (unpaired) electrons. The summed E-state index contributed by atoms with van der Waals surface area (Å²) < 4.78 is 66.2. The zero-order chi connectivity index (χ0) is 104. The van der Waals surface area contributed by atoms with Gasteiger partial charge in [0.05, 0.1) is 74.6 Å². The molecule has 21 N–H and O–H groups in total. The van der Waals surface area contributed by atoms with E-state index in [1.165, 1.54) is 67.8 Å². The summed E-state index contributed by atoms with van der Waals surface area (Å²) in [6.45, 7) is 23.6. The number of nitrogens with two attached hydrogens (primary N) is 6. The number of nitrogen functional groups attached to an aromatic ring is 6. The molecule has 7 aliphatic rings. The van der Waals surface area contributed by atoms with Gasteiger partial charge in [0.1, 0.15) is 142 Å². The fourth-order valence-corrected chi connectivity index (χ4v) is 23.9. The third-order valence-corrected chi connectivity index (χ3v) is 35.3. The third kappa shape index (κ3) is 23.7. The SMILES string of the molecule is C=P(C)(C)CC[C@@]1(C)O[C@@H](n2cnc3c(N)ncnc32)[C@H](O)[C@@H]1O.C=P(C)(C)CC[C@@]12CO[C@@H]([C@H](n3cnc4c(N)ncnc43)O1)[C@@H]2O.C=P(C)(C)CC[C@H]1O[C@@H](n2cnc3c(N)ncnc32)[C@@](C)(O)[C@@H]1O.C=P(C)(C)CC[C@H]1O[C@@H](n2cnc3c(N)ncnc32)[C@H](Cl)[C@@H]1O.C=P(C)(C)CC[C@H]1O[C@@H](n2cnc3c(N)ncnc32)[C@H](F)[C@@H]1O.C=P(C)(C)CC[C@H]1O[C@@H](n2cnc3c(N)ncnc32)[C@](C)(O)[C@@H]1O. The number of ether oxygens (including phenoxy) is 7. The molecule has 12 aromatic heterocycles. The number of halogens is 2. The molecule has 0 unspecified atom stereocenters. The van der Waals surface area contributed by atoms with Crippen LogP contribution >= 0.6 is 52.9 Å². The van der Waals surface area contributed by atoms with Gasteiger partial charge in [-0.2, -0.15) is 0 Å². The van der Waals surface area contributed by atoms with E-state index in [1.54, 1.807) is 49.3 Å². The van der Waals surface area contributed by atoms with Crippen molar-refractivity contribution in [2.75, 3.05) is 158 Å². The van der Waals surface area contributed by atoms with Crippen LogP contribution in [0.3, 0.4) is 0 Å². The summed E-state index contributed by atoms with van der Waals surface area (Å²) in [6.07, 6.45) is 36.6. The van der Waals surface area contributed by atoms with E-state index >= 15 is 0 Å². The Hall–Kier alpha value is -8.52. The summed E-state index contributed by atoms with van der Waals surface area (Å²) in [7, 11) is 0. The topological polar surface area (TPSA) is 664 Å². The monoisotopic (exact) mass is 2110 g/mol. The Labute approximate surface area is 826 Å². The lowest BCUT2D eigenvalue weighted by molar-refractivity contribution is -0.172. The van der Waals surface area contributed by atoms with Crippen molar-refractivity contribution in [1.29, 1.82) is 0 Å². The van der Waals surface area contributed by atoms with Gasteiger partial charge in [-0.05, 0) is 176 Å². The Balaban J connectivity index is 0.000000135. The van der Waals surface area contributed by atoms with Gasteiger partial charge < -0.3 is 114 Å². The number of fused-ring (bicyclic) bond motifs is 8. The van der Waals surface area contributed by atoms with Gasteiger partial charge in [0.15, 0.2) is 112 Å². The maximum absolute atomic E-state index is 14.5. The van der Waals surface area contributed by atoms with E-state index < -0.39 is 180 Å². The minimum atomic E-state index is -1.56. The second-order valence-electron chi connectivity index (χ2n) is 42.1. The Bertz CT molecular complexity index is 6480. The zero-order valence-electron chi connectivity index (χ0n) is 82.4. The summed E-state index contributed by atoms with van der Waals surface area (Å²) in [4.78, 5) is 73.7. The first kappa shape index (κ1) is 109. The number of anilines is 6. The minimum absolute atomic E-state index is 0.225. The maximum atomic E-state index is 14.5. The van der Waals surface area contributed by atoms with Crippen LogP contribution < -0.4 is 34.4 Å². The molecule has 0 aromatic carbocycles. The molecule has 142 heavy (non-hydrogen) atoms. The normalized spacial score (nSPS) is 30.5. The van der Waals surface area contributed by atoms with Gasteiger partial charge in [-0.15, -0.1) is 90.7 Å². The van der Waals surface area contributed by atoms with Crippen molar-refractivity contribution in [2.45, 2.75) is 204 Å². The standard InChI is InChI=1S/C15H22N5O3P.3C15H24N5O3P.C14H21ClN5O2P.C14H21FN5O2P/c1-24(2,3)5-4-15-6-22-10(11(15)21)14(23-15)20-8-19-9-12(16)17-7-18-13(9)20;1-15(5-6-24(2,3)4)11(22)10(21)14(23-15)20-8-19-9-12(16)17-7-18-13(9)20;2*1-15(22)11(21)9(5-6-24(2,3)4)23-14(15)20-8-19-10-12(16)17-7-18-13(10)20;2*1-23(2,3)5-4-8-11(21)9(15)14(22-8)20-7-19-10-12(16)17-6-18-13(10)20/h7-8,10-11,14,21H,1,4-6H2,2-3H3,(H2,16,17,18);7-8,10-11,14,21-22H,2,5-6H2,1,3-4H3,(H2,16,17,18);2*7-9,11,14,21-22H,2,5-6H2,1,3-4H3,(H2,16,17,18);2*6-9,11,14,21H,1,4-5H2,2-3H3,(H2,16,17,18)/t10-,11+,14-,15+;10-,11+,14-,15-;9-,11-,14-,15+;9-,11-,14-,15-;2*8-,9-,11-,14-/m111111/s1. The van der Waals surface area contributed by atoms with Crippen molar-refractivity contribution < 1.29 is 83.5 Å². The van der Waals surface area contributed by atoms with Crippen LogP contribution in [-0.4, -0.2) is 432 Å². The molecule has 0 amide bonds. The Morgan fingerprint density at radius 1 is 0.352 bits per heavy atom. The Morgan fingerprint density at radius 2 is 0.641 bits per heavy atom. The number of imidazole rings is 6. The van der Waals surface area contributed by atoms with Gasteiger partial charge in [0.2, 0.25) is 0 Å². The van der Waals surface area contributed by atoms with E-state index in [0.717, 1.165) is 49.8 Å². The highest BCUT2D eigenvalue weighted by Crippen LogP contribution is 2.53. The van der Waals surface area contributed by atoms with Crippen molar-refractivity contribution in [2.24, 2.45) is 0 Å². The van der Waals surface area contributed by atoms with E-state index in [2.05, 4.69) is 207 Å². The number of alkyl halides is 2. The number of nitrogens with zero attached hydrogens (tertiary/aromatic N) is 24. The summed E-state index contributed by atoms with van der Waals surface area (Å²) in [5.41, 5.74) is 36.0. The van der Waals surface area contributed by atoms with Crippen molar-refractivity contribution in [3.05, 3.63) is 75.9 Å². The first-order valence-corrected chi connectivity index (χ1v) is 64.7. The highest BCUT2D eigenvalue weighted by Gasteiger charge is 2.62. The van der Waals surface area contributed by atoms with Crippen molar-refractivity contribution in [3.8, 4) is 0 Å². The van der Waals surface area contributed by atoms with E-state index in [1.807, 2.05) is 6.92 Å². The van der Waals surface area contributed by atoms with E-state index in [4.69, 9.17) is 79.2 Å². The third-order valence-electron chi connectivity index (χ3n) is 26.1. The molecule has 2 bridgehead atoms. The largest absolute Gasteiger partial charge is 0.389 e. The lowest BCUT2D eigenvalue weighted by Crippen LogP contribution is -2.43. The molecule has 46 nitrogen and oxygen atoms in total. The molecular formula is C88H136ClFN30O16P6. The highest BCUT2D eigenvalue weighted by molar-refractivity contribution is 7.73. The minimum Gasteiger partial charge on any atom is -0.389 e. The molecule has 7 aliphatic heterocycles. The first-order valence-electron chi connectivity index (χ1n) is 45.9. The quantitative estimate of drug-likeness (QED) is 0.0291. The molecule has 19 rings (SSSR count). The molecular weight excluding hydrogens is 1970 g/mol. The molecule has 12 aromatic rings. The fourth-order valence-electron chi connectivity index (χ4n) is 17.7. The summed E-state index contributed by atoms with van der Waals surface area (Å²) in [5.74, 6) is 1.63. The number of rotatable bonds is 24. The zero-order valence-corrected chi connectivity index (χ0v) is 88.6. The fraction of sp³-hybridized carbons (Fsp3) is 0.591. The molecule has 0 saturated carbocycles. The molecule has 0 spiro atoms. The van der Waals surface area contributed by atoms with Crippen LogP contribution in [0, 0.1) is 0 Å². The highest BCUT2D eigenvalue weighted by atomic mass is 35.5. The van der Waals surface area contributed by atoms with Crippen LogP contribution in [0.1, 0.15) is 96.7 Å². The average Bonchev–Trinajstić information content (AvgIpc) is 1.57. The van der Waals surface area contributed by atoms with Gasteiger partial charge in [-0.3, -0.25) is 27.4 Å². The second kappa shape index (κ2) is 42.0. The van der Waals surface area contributed by atoms with Gasteiger partial charge in [0.25, 0.3) is 0 Å². The molecule has 778 valence electrons. The summed E-state index contributed by atoms with van der Waals surface area (Å²) in [5, 5.41) is 94.4. The molecule has 19 heterocycles. The molecule has 0 aliphatic carbocycles. The van der Waals surface area contributed by atoms with Crippen LogP contribution in [0.2, 0.25) is 0 Å². The molecule has 54 heteroatoms. The predicted octanol–water partition coefficient (Wildman–Crippen LogP) is 4.56. The number of aliphatic hydroxyl groups is 9. The molecule has 7 saturated heterocycles. The van der Waals surface area contributed by atoms with E-state index in [9.17, 15) is 50.3 Å². The molecule has 24 atom stereocenters. The number of aliphatic hydroxyl groups excluding tert-OH is 7. The lowest BCUT2D eigenvalue weighted by atomic mass is 9.95. The van der Waals surface area contributed by atoms with Crippen LogP contribution in [0.15, 0.2) is 75.9 Å². The first-order chi connectivity index (χ1) is 66.2. The number of hydrogen-bond acceptors (Lipinski definition) is 40. The van der Waals surface area contributed by atoms with Crippen LogP contribution in [0.4, 0.5) is 39.3 Å². The Kier molecular flexibility index (Phi) is 32.3. The van der Waals surface area contributed by atoms with Crippen molar-refractivity contribution in [1.82, 2.24) is 117 Å². The van der Waals surface area contributed by atoms with Gasteiger partial charge >= 0.3 is 0 Å². The van der Waals surface area contributed by atoms with Crippen molar-refractivity contribution in [3.63, 3.8) is 0 Å². The predicted molar refractivity (Wildman–Crippen MR) is 565 cm³/mol. The maximum Gasteiger partial charge on any atom is 0.173 e. The second-order valence-corrected chi connectivity index (χ2v) is 68.5. The van der Waals surface area contributed by atoms with Gasteiger partial charge in [0, 0.05) is 0 Å². The number of aromatic nitrogens is 24. The smallest absolute Gasteiger partial charge is 0.173 e. The van der Waals surface area contributed by atoms with Crippen molar-refractivity contribution >= 4 is 193 Å². The summed E-state index contributed by atoms with van der Waals surface area (Å²) >= 11 is 6.40.